The highest BCUT2D eigenvalue weighted by Gasteiger charge is 2.41. The van der Waals surface area contributed by atoms with Crippen molar-refractivity contribution < 1.29 is 43.4 Å². The summed E-state index contributed by atoms with van der Waals surface area (Å²) in [4.78, 5) is 98.7. The average Bonchev–Trinajstić information content (AvgIpc) is 3.84. The predicted octanol–water partition coefficient (Wildman–Crippen LogP) is 0.722. The Hall–Kier alpha value is -4.53. The molecule has 2 heterocycles. The number of nitrogens with one attached hydrogen (secondary N) is 2. The monoisotopic (exact) mass is 742 g/mol. The van der Waals surface area contributed by atoms with E-state index in [4.69, 9.17) is 4.74 Å². The van der Waals surface area contributed by atoms with E-state index in [1.807, 2.05) is 44.2 Å². The normalized spacial score (nSPS) is 19.3. The van der Waals surface area contributed by atoms with Crippen molar-refractivity contribution in [2.45, 2.75) is 109 Å². The Morgan fingerprint density at radius 2 is 1.43 bits per heavy atom. The lowest BCUT2D eigenvalue weighted by atomic mass is 10.0. The predicted molar refractivity (Wildman–Crippen MR) is 196 cm³/mol. The van der Waals surface area contributed by atoms with Gasteiger partial charge in [0.05, 0.1) is 13.7 Å². The summed E-state index contributed by atoms with van der Waals surface area (Å²) >= 11 is 0. The van der Waals surface area contributed by atoms with Crippen LogP contribution in [0, 0.1) is 11.8 Å². The molecule has 0 radical (unpaired) electrons. The van der Waals surface area contributed by atoms with Gasteiger partial charge in [-0.2, -0.15) is 0 Å². The molecule has 15 heteroatoms. The summed E-state index contributed by atoms with van der Waals surface area (Å²) in [7, 11) is 4.21. The number of esters is 1. The fraction of sp³-hybridized carbons (Fsp3) is 0.658. The number of carbonyl (C=O) groups is 7. The summed E-state index contributed by atoms with van der Waals surface area (Å²) in [5.74, 6) is -3.98. The van der Waals surface area contributed by atoms with Crippen LogP contribution in [-0.4, -0.2) is 143 Å². The fourth-order valence-corrected chi connectivity index (χ4v) is 6.89. The minimum Gasteiger partial charge on any atom is -0.467 e. The van der Waals surface area contributed by atoms with Gasteiger partial charge in [-0.05, 0) is 56.4 Å². The minimum atomic E-state index is -1.24. The van der Waals surface area contributed by atoms with Crippen LogP contribution in [-0.2, 0) is 44.7 Å². The maximum absolute atomic E-state index is 14.0. The van der Waals surface area contributed by atoms with Crippen molar-refractivity contribution in [2.75, 3.05) is 40.8 Å². The molecule has 15 nitrogen and oxygen atoms in total. The Bertz CT molecular complexity index is 1470. The standard InChI is InChI=1S/C38H58N6O9/c1-23(2)20-29(41(6)31(45)22-39-33(47)27-16-12-18-43(27)37(51)32(46)24(3)4)34(48)40-25(5)35(49)42(7)30(21-26-14-10-9-11-15-26)36(50)44-19-13-17-28(44)38(52)53-8/h9-11,14-15,23-25,27-30,32,46H,12-13,16-22H2,1-8H3,(H,39,47)(H,40,48)/t25-,27-,28-,29-,30+,32+/m0/s1. The van der Waals surface area contributed by atoms with Gasteiger partial charge in [-0.3, -0.25) is 28.8 Å². The number of aliphatic hydroxyl groups is 1. The third kappa shape index (κ3) is 11.0. The second-order valence-corrected chi connectivity index (χ2v) is 14.8. The molecular weight excluding hydrogens is 684 g/mol. The summed E-state index contributed by atoms with van der Waals surface area (Å²) < 4.78 is 4.93. The molecule has 1 aromatic rings. The topological polar surface area (TPSA) is 186 Å². The van der Waals surface area contributed by atoms with E-state index >= 15 is 0 Å². The lowest BCUT2D eigenvalue weighted by molar-refractivity contribution is -0.154. The number of nitrogens with zero attached hydrogens (tertiary/aromatic N) is 4. The summed E-state index contributed by atoms with van der Waals surface area (Å²) in [6.45, 7) is 8.95. The molecule has 2 aliphatic heterocycles. The van der Waals surface area contributed by atoms with E-state index in [0.717, 1.165) is 5.56 Å². The molecular formula is C38H58N6O9. The zero-order chi connectivity index (χ0) is 39.6. The van der Waals surface area contributed by atoms with Crippen molar-refractivity contribution in [3.05, 3.63) is 35.9 Å². The van der Waals surface area contributed by atoms with Crippen molar-refractivity contribution in [2.24, 2.45) is 11.8 Å². The van der Waals surface area contributed by atoms with Gasteiger partial charge in [0.1, 0.15) is 36.3 Å². The average molecular weight is 743 g/mol. The molecule has 0 unspecified atom stereocenters. The van der Waals surface area contributed by atoms with Crippen molar-refractivity contribution >= 4 is 41.4 Å². The minimum absolute atomic E-state index is 0.0224. The number of likely N-dealkylation sites (N-methyl/N-ethyl adjacent to an activating group) is 2. The van der Waals surface area contributed by atoms with Crippen molar-refractivity contribution in [1.82, 2.24) is 30.2 Å². The SMILES string of the molecule is COC(=O)[C@@H]1CCCN1C(=O)[C@@H](Cc1ccccc1)N(C)C(=O)[C@H](C)NC(=O)[C@H](CC(C)C)N(C)C(=O)CNC(=O)[C@@H]1CCCN1C(=O)[C@H](O)C(C)C. The molecule has 6 amide bonds. The molecule has 0 spiro atoms. The van der Waals surface area contributed by atoms with Crippen LogP contribution in [0.15, 0.2) is 30.3 Å². The molecule has 3 rings (SSSR count). The number of hydrogen-bond donors (Lipinski definition) is 3. The zero-order valence-corrected chi connectivity index (χ0v) is 32.4. The highest BCUT2D eigenvalue weighted by Crippen LogP contribution is 2.23. The smallest absolute Gasteiger partial charge is 0.328 e. The van der Waals surface area contributed by atoms with E-state index in [0.29, 0.717) is 38.8 Å². The fourth-order valence-electron chi connectivity index (χ4n) is 6.89. The third-order valence-corrected chi connectivity index (χ3v) is 10.1. The molecule has 6 atom stereocenters. The van der Waals surface area contributed by atoms with Gasteiger partial charge in [-0.1, -0.05) is 58.0 Å². The van der Waals surface area contributed by atoms with E-state index in [2.05, 4.69) is 10.6 Å². The van der Waals surface area contributed by atoms with Crippen molar-refractivity contribution in [3.8, 4) is 0 Å². The van der Waals surface area contributed by atoms with Gasteiger partial charge in [-0.25, -0.2) is 4.79 Å². The van der Waals surface area contributed by atoms with Crippen LogP contribution < -0.4 is 10.6 Å². The van der Waals surface area contributed by atoms with Gasteiger partial charge >= 0.3 is 5.97 Å². The van der Waals surface area contributed by atoms with Crippen LogP contribution in [0.5, 0.6) is 0 Å². The number of aliphatic hydroxyl groups excluding tert-OH is 1. The van der Waals surface area contributed by atoms with Crippen LogP contribution in [0.4, 0.5) is 0 Å². The highest BCUT2D eigenvalue weighted by atomic mass is 16.5. The van der Waals surface area contributed by atoms with Gasteiger partial charge < -0.3 is 40.1 Å². The summed E-state index contributed by atoms with van der Waals surface area (Å²) in [6, 6.07) is 4.57. The molecule has 53 heavy (non-hydrogen) atoms. The number of rotatable bonds is 16. The number of benzene rings is 1. The van der Waals surface area contributed by atoms with Gasteiger partial charge in [0.15, 0.2) is 0 Å². The summed E-state index contributed by atoms with van der Waals surface area (Å²) in [5.41, 5.74) is 0.806. The van der Waals surface area contributed by atoms with E-state index in [1.165, 1.54) is 47.7 Å². The molecule has 1 aromatic carbocycles. The lowest BCUT2D eigenvalue weighted by Gasteiger charge is -2.35. The third-order valence-electron chi connectivity index (χ3n) is 10.1. The number of likely N-dealkylation sites (tertiary alicyclic amines) is 2. The molecule has 294 valence electrons. The zero-order valence-electron chi connectivity index (χ0n) is 32.4. The van der Waals surface area contributed by atoms with Gasteiger partial charge in [0.2, 0.25) is 29.5 Å². The first-order valence-electron chi connectivity index (χ1n) is 18.5. The maximum Gasteiger partial charge on any atom is 0.328 e. The van der Waals surface area contributed by atoms with E-state index in [1.54, 1.807) is 13.8 Å². The van der Waals surface area contributed by atoms with E-state index in [9.17, 15) is 38.7 Å². The maximum atomic E-state index is 14.0. The molecule has 0 bridgehead atoms. The number of ether oxygens (including phenoxy) is 1. The largest absolute Gasteiger partial charge is 0.467 e. The van der Waals surface area contributed by atoms with E-state index < -0.39 is 84.3 Å². The molecule has 0 aromatic heterocycles. The second kappa shape index (κ2) is 19.5. The highest BCUT2D eigenvalue weighted by molar-refractivity contribution is 5.96. The molecule has 2 aliphatic rings. The Morgan fingerprint density at radius 1 is 0.849 bits per heavy atom. The van der Waals surface area contributed by atoms with Gasteiger partial charge in [-0.15, -0.1) is 0 Å². The Kier molecular flexibility index (Phi) is 15.8. The molecule has 3 N–H and O–H groups in total. The first-order chi connectivity index (χ1) is 25.0. The van der Waals surface area contributed by atoms with Crippen LogP contribution >= 0.6 is 0 Å². The Balaban J connectivity index is 1.71. The van der Waals surface area contributed by atoms with Crippen LogP contribution in [0.1, 0.15) is 72.3 Å². The van der Waals surface area contributed by atoms with Gasteiger partial charge in [0.25, 0.3) is 5.91 Å². The number of hydrogen-bond acceptors (Lipinski definition) is 9. The second-order valence-electron chi connectivity index (χ2n) is 14.8. The molecule has 0 saturated carbocycles. The van der Waals surface area contributed by atoms with Crippen molar-refractivity contribution in [3.63, 3.8) is 0 Å². The number of amides is 6. The van der Waals surface area contributed by atoms with Crippen LogP contribution in [0.25, 0.3) is 0 Å². The molecule has 2 fully saturated rings. The van der Waals surface area contributed by atoms with E-state index in [-0.39, 0.29) is 24.7 Å². The van der Waals surface area contributed by atoms with Gasteiger partial charge in [0, 0.05) is 33.6 Å². The van der Waals surface area contributed by atoms with Crippen molar-refractivity contribution in [1.29, 1.82) is 0 Å². The van der Waals surface area contributed by atoms with Crippen LogP contribution in [0.2, 0.25) is 0 Å². The Morgan fingerprint density at radius 3 is 2.00 bits per heavy atom. The quantitative estimate of drug-likeness (QED) is 0.205. The summed E-state index contributed by atoms with van der Waals surface area (Å²) in [5, 5.41) is 15.6. The van der Waals surface area contributed by atoms with Crippen LogP contribution in [0.3, 0.4) is 0 Å². The number of carbonyl (C=O) groups excluding carboxylic acids is 7. The molecule has 2 saturated heterocycles. The number of methoxy groups -OCH3 is 1. The molecule has 0 aliphatic carbocycles. The Labute approximate surface area is 312 Å². The first-order valence-corrected chi connectivity index (χ1v) is 18.5. The lowest BCUT2D eigenvalue weighted by Crippen LogP contribution is -2.58. The first kappa shape index (κ1) is 42.9. The summed E-state index contributed by atoms with van der Waals surface area (Å²) in [6.07, 6.45) is 1.24.